The van der Waals surface area contributed by atoms with Gasteiger partial charge in [0.25, 0.3) is 0 Å². The van der Waals surface area contributed by atoms with Crippen LogP contribution in [0.25, 0.3) is 22.1 Å². The molecule has 23 heavy (non-hydrogen) atoms. The summed E-state index contributed by atoms with van der Waals surface area (Å²) in [4.78, 5) is 8.62. The Morgan fingerprint density at radius 3 is 2.61 bits per heavy atom. The van der Waals surface area contributed by atoms with Gasteiger partial charge < -0.3 is 14.8 Å². The highest BCUT2D eigenvalue weighted by Crippen LogP contribution is 2.31. The zero-order valence-corrected chi connectivity index (χ0v) is 12.3. The third-order valence-electron chi connectivity index (χ3n) is 3.85. The third-order valence-corrected chi connectivity index (χ3v) is 3.85. The summed E-state index contributed by atoms with van der Waals surface area (Å²) in [5, 5.41) is 13.9. The van der Waals surface area contributed by atoms with Gasteiger partial charge in [-0.2, -0.15) is 0 Å². The van der Waals surface area contributed by atoms with E-state index in [1.807, 2.05) is 54.6 Å². The molecule has 0 bridgehead atoms. The first-order valence-electron chi connectivity index (χ1n) is 7.41. The predicted molar refractivity (Wildman–Crippen MR) is 89.2 cm³/mol. The summed E-state index contributed by atoms with van der Waals surface area (Å²) in [6.45, 7) is -0.0459. The molecular weight excluding hydrogens is 290 g/mol. The Kier molecular flexibility index (Phi) is 3.40. The highest BCUT2D eigenvalue weighted by atomic mass is 16.3. The summed E-state index contributed by atoms with van der Waals surface area (Å²) in [6.07, 6.45) is 1.51. The maximum atomic E-state index is 9.72. The molecule has 0 saturated carbocycles. The van der Waals surface area contributed by atoms with Crippen molar-refractivity contribution in [2.45, 2.75) is 6.04 Å². The number of furan rings is 1. The number of anilines is 1. The molecule has 5 heteroatoms. The Labute approximate surface area is 132 Å². The number of fused-ring (bicyclic) bond motifs is 3. The molecule has 114 valence electrons. The van der Waals surface area contributed by atoms with Crippen LogP contribution in [0.3, 0.4) is 0 Å². The van der Waals surface area contributed by atoms with Gasteiger partial charge in [0.2, 0.25) is 0 Å². The summed E-state index contributed by atoms with van der Waals surface area (Å²) >= 11 is 0. The molecule has 0 aliphatic heterocycles. The molecule has 0 aliphatic carbocycles. The molecule has 0 spiro atoms. The monoisotopic (exact) mass is 305 g/mol. The van der Waals surface area contributed by atoms with Crippen LogP contribution >= 0.6 is 0 Å². The van der Waals surface area contributed by atoms with Crippen molar-refractivity contribution in [3.05, 3.63) is 66.5 Å². The van der Waals surface area contributed by atoms with Gasteiger partial charge in [-0.05, 0) is 17.7 Å². The highest BCUT2D eigenvalue weighted by molar-refractivity contribution is 6.05. The standard InChI is InChI=1S/C18H15N3O2/c22-10-14(12-6-2-1-3-7-12)21-18-17-16(19-11-20-18)13-8-4-5-9-15(13)23-17/h1-9,11,14,22H,10H2,(H,19,20,21). The van der Waals surface area contributed by atoms with Crippen LogP contribution in [0.2, 0.25) is 0 Å². The van der Waals surface area contributed by atoms with Crippen LogP contribution in [0.15, 0.2) is 65.3 Å². The fourth-order valence-corrected chi connectivity index (χ4v) is 2.71. The molecule has 1 unspecified atom stereocenters. The van der Waals surface area contributed by atoms with Gasteiger partial charge in [-0.25, -0.2) is 9.97 Å². The number of nitrogens with one attached hydrogen (secondary N) is 1. The minimum Gasteiger partial charge on any atom is -0.450 e. The molecule has 5 nitrogen and oxygen atoms in total. The maximum absolute atomic E-state index is 9.72. The van der Waals surface area contributed by atoms with Crippen LogP contribution in [0.4, 0.5) is 5.82 Å². The summed E-state index contributed by atoms with van der Waals surface area (Å²) in [5.41, 5.74) is 3.12. The molecule has 2 heterocycles. The molecule has 0 fully saturated rings. The lowest BCUT2D eigenvalue weighted by molar-refractivity contribution is 0.276. The van der Waals surface area contributed by atoms with Crippen molar-refractivity contribution in [2.75, 3.05) is 11.9 Å². The SMILES string of the molecule is OCC(Nc1ncnc2c1oc1ccccc12)c1ccccc1. The Balaban J connectivity index is 1.79. The lowest BCUT2D eigenvalue weighted by Crippen LogP contribution is -2.15. The predicted octanol–water partition coefficient (Wildman–Crippen LogP) is 3.52. The second-order valence-corrected chi connectivity index (χ2v) is 5.29. The van der Waals surface area contributed by atoms with E-state index in [1.165, 1.54) is 6.33 Å². The number of benzene rings is 2. The largest absolute Gasteiger partial charge is 0.450 e. The van der Waals surface area contributed by atoms with Crippen LogP contribution < -0.4 is 5.32 Å². The lowest BCUT2D eigenvalue weighted by atomic mass is 10.1. The number of aliphatic hydroxyl groups is 1. The average Bonchev–Trinajstić information content (AvgIpc) is 3.00. The number of nitrogens with zero attached hydrogens (tertiary/aromatic N) is 2. The van der Waals surface area contributed by atoms with Gasteiger partial charge >= 0.3 is 0 Å². The topological polar surface area (TPSA) is 71.2 Å². The summed E-state index contributed by atoms with van der Waals surface area (Å²) in [7, 11) is 0. The van der Waals surface area contributed by atoms with E-state index in [0.29, 0.717) is 11.4 Å². The zero-order chi connectivity index (χ0) is 15.6. The Bertz CT molecular complexity index is 950. The van der Waals surface area contributed by atoms with Gasteiger partial charge in [0.05, 0.1) is 12.6 Å². The van der Waals surface area contributed by atoms with Crippen molar-refractivity contribution in [3.63, 3.8) is 0 Å². The highest BCUT2D eigenvalue weighted by Gasteiger charge is 2.16. The molecule has 0 aliphatic rings. The van der Waals surface area contributed by atoms with Crippen molar-refractivity contribution in [2.24, 2.45) is 0 Å². The van der Waals surface area contributed by atoms with Gasteiger partial charge in [-0.15, -0.1) is 0 Å². The molecule has 2 aromatic heterocycles. The first kappa shape index (κ1) is 13.7. The van der Waals surface area contributed by atoms with Crippen LogP contribution in [0, 0.1) is 0 Å². The van der Waals surface area contributed by atoms with Crippen molar-refractivity contribution in [1.82, 2.24) is 9.97 Å². The van der Waals surface area contributed by atoms with Crippen molar-refractivity contribution >= 4 is 27.9 Å². The zero-order valence-electron chi connectivity index (χ0n) is 12.3. The van der Waals surface area contributed by atoms with E-state index in [1.54, 1.807) is 0 Å². The van der Waals surface area contributed by atoms with E-state index in [-0.39, 0.29) is 12.6 Å². The van der Waals surface area contributed by atoms with E-state index >= 15 is 0 Å². The Morgan fingerprint density at radius 1 is 1.00 bits per heavy atom. The molecule has 4 aromatic rings. The van der Waals surface area contributed by atoms with Gasteiger partial charge in [-0.1, -0.05) is 42.5 Å². The van der Waals surface area contributed by atoms with E-state index in [4.69, 9.17) is 4.42 Å². The smallest absolute Gasteiger partial charge is 0.196 e. The van der Waals surface area contributed by atoms with E-state index in [2.05, 4.69) is 15.3 Å². The molecule has 0 amide bonds. The normalized spacial score (nSPS) is 12.6. The number of hydrogen-bond donors (Lipinski definition) is 2. The van der Waals surface area contributed by atoms with Crippen molar-refractivity contribution in [1.29, 1.82) is 0 Å². The average molecular weight is 305 g/mol. The number of aromatic nitrogens is 2. The number of rotatable bonds is 4. The molecular formula is C18H15N3O2. The van der Waals surface area contributed by atoms with Crippen molar-refractivity contribution < 1.29 is 9.52 Å². The summed E-state index contributed by atoms with van der Waals surface area (Å²) in [6, 6.07) is 17.2. The fourth-order valence-electron chi connectivity index (χ4n) is 2.71. The molecule has 1 atom stereocenters. The molecule has 4 rings (SSSR count). The fraction of sp³-hybridized carbons (Fsp3) is 0.111. The van der Waals surface area contributed by atoms with E-state index in [9.17, 15) is 5.11 Å². The van der Waals surface area contributed by atoms with Gasteiger partial charge in [-0.3, -0.25) is 0 Å². The Hall–Kier alpha value is -2.92. The third kappa shape index (κ3) is 2.41. The minimum atomic E-state index is -0.262. The van der Waals surface area contributed by atoms with E-state index in [0.717, 1.165) is 22.0 Å². The lowest BCUT2D eigenvalue weighted by Gasteiger charge is -2.17. The van der Waals surface area contributed by atoms with E-state index < -0.39 is 0 Å². The van der Waals surface area contributed by atoms with Crippen LogP contribution in [0.5, 0.6) is 0 Å². The first-order chi connectivity index (χ1) is 11.4. The second kappa shape index (κ2) is 5.70. The van der Waals surface area contributed by atoms with Gasteiger partial charge in [0.15, 0.2) is 11.4 Å². The molecule has 2 N–H and O–H groups in total. The second-order valence-electron chi connectivity index (χ2n) is 5.29. The number of para-hydroxylation sites is 1. The number of aliphatic hydroxyl groups excluding tert-OH is 1. The van der Waals surface area contributed by atoms with Crippen molar-refractivity contribution in [3.8, 4) is 0 Å². The Morgan fingerprint density at radius 2 is 1.78 bits per heavy atom. The van der Waals surface area contributed by atoms with Gasteiger partial charge in [0, 0.05) is 5.39 Å². The summed E-state index contributed by atoms with van der Waals surface area (Å²) in [5.74, 6) is 0.578. The van der Waals surface area contributed by atoms with Crippen LogP contribution in [0.1, 0.15) is 11.6 Å². The van der Waals surface area contributed by atoms with Crippen LogP contribution in [-0.4, -0.2) is 21.7 Å². The quantitative estimate of drug-likeness (QED) is 0.603. The van der Waals surface area contributed by atoms with Gasteiger partial charge in [0.1, 0.15) is 17.4 Å². The minimum absolute atomic E-state index is 0.0459. The number of hydrogen-bond acceptors (Lipinski definition) is 5. The first-order valence-corrected chi connectivity index (χ1v) is 7.41. The maximum Gasteiger partial charge on any atom is 0.196 e. The molecule has 2 aromatic carbocycles. The molecule has 0 saturated heterocycles. The molecule has 0 radical (unpaired) electrons. The van der Waals surface area contributed by atoms with Crippen LogP contribution in [-0.2, 0) is 0 Å². The summed E-state index contributed by atoms with van der Waals surface area (Å²) < 4.78 is 5.90.